The third-order valence-corrected chi connectivity index (χ3v) is 8.07. The molecule has 3 heterocycles. The maximum atomic E-state index is 13.2. The first-order chi connectivity index (χ1) is 20.2. The number of hydrogen-bond acceptors (Lipinski definition) is 7. The van der Waals surface area contributed by atoms with Crippen molar-refractivity contribution in [1.82, 2.24) is 19.8 Å². The van der Waals surface area contributed by atoms with Crippen LogP contribution < -0.4 is 21.1 Å². The number of anilines is 2. The smallest absolute Gasteiger partial charge is 0.272 e. The summed E-state index contributed by atoms with van der Waals surface area (Å²) in [6, 6.07) is 15.4. The van der Waals surface area contributed by atoms with Crippen molar-refractivity contribution >= 4 is 61.7 Å². The number of methoxy groups -OCH3 is 1. The molecule has 216 valence electrons. The van der Waals surface area contributed by atoms with Crippen LogP contribution in [0.3, 0.4) is 0 Å². The molecule has 3 aromatic heterocycles. The highest BCUT2D eigenvalue weighted by atomic mass is 32.1. The number of carbonyl (C=O) groups is 2. The molecule has 0 radical (unpaired) electrons. The van der Waals surface area contributed by atoms with Gasteiger partial charge in [0.15, 0.2) is 0 Å². The van der Waals surface area contributed by atoms with E-state index in [1.165, 1.54) is 17.4 Å². The first-order valence-corrected chi connectivity index (χ1v) is 14.4. The predicted molar refractivity (Wildman–Crippen MR) is 172 cm³/mol. The molecular formula is C32H34N6O3S. The van der Waals surface area contributed by atoms with Gasteiger partial charge in [-0.25, -0.2) is 4.98 Å². The summed E-state index contributed by atoms with van der Waals surface area (Å²) in [4.78, 5) is 32.1. The summed E-state index contributed by atoms with van der Waals surface area (Å²) < 4.78 is 8.47. The topological polar surface area (TPSA) is 115 Å². The van der Waals surface area contributed by atoms with Crippen molar-refractivity contribution in [3.8, 4) is 16.9 Å². The molecule has 0 aliphatic rings. The Morgan fingerprint density at radius 2 is 1.98 bits per heavy atom. The minimum absolute atomic E-state index is 0.0184. The van der Waals surface area contributed by atoms with Gasteiger partial charge >= 0.3 is 0 Å². The normalized spacial score (nSPS) is 12.3. The number of carbonyl (C=O) groups excluding carboxylic acids is 2. The number of para-hydroxylation sites is 1. The highest BCUT2D eigenvalue weighted by molar-refractivity contribution is 7.18. The van der Waals surface area contributed by atoms with E-state index in [1.54, 1.807) is 19.4 Å². The lowest BCUT2D eigenvalue weighted by Crippen LogP contribution is -2.38. The Hall–Kier alpha value is -4.67. The van der Waals surface area contributed by atoms with E-state index in [9.17, 15) is 9.59 Å². The highest BCUT2D eigenvalue weighted by Crippen LogP contribution is 2.41. The van der Waals surface area contributed by atoms with Gasteiger partial charge in [0, 0.05) is 64.0 Å². The fraction of sp³-hybridized carbons (Fsp3) is 0.219. The maximum absolute atomic E-state index is 13.2. The lowest BCUT2D eigenvalue weighted by molar-refractivity contribution is -0.117. The number of nitrogens with zero attached hydrogens (tertiary/aromatic N) is 3. The van der Waals surface area contributed by atoms with E-state index in [4.69, 9.17) is 10.5 Å². The maximum Gasteiger partial charge on any atom is 0.272 e. The van der Waals surface area contributed by atoms with Crippen molar-refractivity contribution in [1.29, 1.82) is 0 Å². The van der Waals surface area contributed by atoms with Crippen LogP contribution in [-0.2, 0) is 11.8 Å². The fourth-order valence-electron chi connectivity index (χ4n) is 5.12. The Morgan fingerprint density at radius 3 is 2.71 bits per heavy atom. The van der Waals surface area contributed by atoms with Gasteiger partial charge in [-0.15, -0.1) is 11.3 Å². The molecular weight excluding hydrogens is 548 g/mol. The highest BCUT2D eigenvalue weighted by Gasteiger charge is 2.18. The van der Waals surface area contributed by atoms with E-state index in [-0.39, 0.29) is 17.9 Å². The standard InChI is InChI=1S/C32H34N6O3S/c1-19(17-37(2)3)35-28(39)13-11-22-16-34-31(33)29-23(18-42-30(22)29)20-10-12-24(27(15-20)41-5)36-32(40)26-14-21-8-6-7-9-25(21)38(26)4/h6-16,18-19H,17H2,1-5H3,(H2,33,34)(H,35,39)(H,36,40)/b13-11+. The minimum Gasteiger partial charge on any atom is -0.495 e. The van der Waals surface area contributed by atoms with Crippen LogP contribution >= 0.6 is 11.3 Å². The molecule has 0 saturated carbocycles. The van der Waals surface area contributed by atoms with E-state index in [1.807, 2.05) is 91.4 Å². The molecule has 9 nitrogen and oxygen atoms in total. The van der Waals surface area contributed by atoms with Gasteiger partial charge in [-0.2, -0.15) is 0 Å². The summed E-state index contributed by atoms with van der Waals surface area (Å²) in [6.07, 6.45) is 4.96. The van der Waals surface area contributed by atoms with Crippen molar-refractivity contribution in [2.45, 2.75) is 13.0 Å². The van der Waals surface area contributed by atoms with Gasteiger partial charge < -0.3 is 30.6 Å². The number of nitrogens with one attached hydrogen (secondary N) is 2. The summed E-state index contributed by atoms with van der Waals surface area (Å²) in [5, 5.41) is 9.78. The van der Waals surface area contributed by atoms with Crippen molar-refractivity contribution in [3.05, 3.63) is 77.4 Å². The molecule has 2 aromatic carbocycles. The van der Waals surface area contributed by atoms with E-state index in [0.717, 1.165) is 44.2 Å². The first kappa shape index (κ1) is 28.8. The van der Waals surface area contributed by atoms with Crippen LogP contribution in [0, 0.1) is 0 Å². The van der Waals surface area contributed by atoms with Crippen molar-refractivity contribution in [3.63, 3.8) is 0 Å². The average molecular weight is 583 g/mol. The molecule has 5 rings (SSSR count). The van der Waals surface area contributed by atoms with Crippen LogP contribution in [0.1, 0.15) is 23.0 Å². The molecule has 0 fully saturated rings. The summed E-state index contributed by atoms with van der Waals surface area (Å²) in [7, 11) is 7.38. The number of aromatic nitrogens is 2. The third kappa shape index (κ3) is 5.86. The van der Waals surface area contributed by atoms with E-state index in [2.05, 4.69) is 15.6 Å². The predicted octanol–water partition coefficient (Wildman–Crippen LogP) is 5.38. The largest absolute Gasteiger partial charge is 0.495 e. The van der Waals surface area contributed by atoms with Crippen LogP contribution in [0.4, 0.5) is 11.5 Å². The summed E-state index contributed by atoms with van der Waals surface area (Å²) in [5.74, 6) is 0.516. The molecule has 0 spiro atoms. The Kier molecular flexibility index (Phi) is 8.28. The number of hydrogen-bond donors (Lipinski definition) is 3. The summed E-state index contributed by atoms with van der Waals surface area (Å²) in [5.41, 5.74) is 11.0. The lowest BCUT2D eigenvalue weighted by Gasteiger charge is -2.17. The van der Waals surface area contributed by atoms with Gasteiger partial charge in [-0.1, -0.05) is 24.3 Å². The summed E-state index contributed by atoms with van der Waals surface area (Å²) >= 11 is 1.53. The number of aryl methyl sites for hydroxylation is 1. The Labute approximate surface area is 248 Å². The van der Waals surface area contributed by atoms with Crippen LogP contribution in [0.5, 0.6) is 5.75 Å². The molecule has 0 aliphatic heterocycles. The van der Waals surface area contributed by atoms with Crippen LogP contribution in [0.25, 0.3) is 38.2 Å². The number of benzene rings is 2. The zero-order valence-corrected chi connectivity index (χ0v) is 25.1. The molecule has 0 saturated heterocycles. The van der Waals surface area contributed by atoms with Gasteiger partial charge in [0.25, 0.3) is 5.91 Å². The zero-order chi connectivity index (χ0) is 30.0. The van der Waals surface area contributed by atoms with Gasteiger partial charge in [0.2, 0.25) is 5.91 Å². The number of amides is 2. The number of rotatable bonds is 9. The number of nitrogen functional groups attached to an aromatic ring is 1. The number of pyridine rings is 1. The molecule has 1 atom stereocenters. The number of fused-ring (bicyclic) bond motifs is 2. The molecule has 5 aromatic rings. The van der Waals surface area contributed by atoms with E-state index in [0.29, 0.717) is 22.9 Å². The zero-order valence-electron chi connectivity index (χ0n) is 24.3. The number of ether oxygens (including phenoxy) is 1. The number of likely N-dealkylation sites (N-methyl/N-ethyl adjacent to an activating group) is 1. The average Bonchev–Trinajstić information content (AvgIpc) is 3.55. The van der Waals surface area contributed by atoms with Crippen LogP contribution in [0.15, 0.2) is 66.2 Å². The quantitative estimate of drug-likeness (QED) is 0.201. The molecule has 42 heavy (non-hydrogen) atoms. The van der Waals surface area contributed by atoms with Crippen LogP contribution in [-0.4, -0.2) is 60.1 Å². The Bertz CT molecular complexity index is 1820. The molecule has 0 bridgehead atoms. The van der Waals surface area contributed by atoms with E-state index >= 15 is 0 Å². The lowest BCUT2D eigenvalue weighted by atomic mass is 10.0. The van der Waals surface area contributed by atoms with Crippen molar-refractivity contribution in [2.75, 3.05) is 38.8 Å². The van der Waals surface area contributed by atoms with Gasteiger partial charge in [0.05, 0.1) is 12.8 Å². The monoisotopic (exact) mass is 582 g/mol. The number of thiophene rings is 1. The summed E-state index contributed by atoms with van der Waals surface area (Å²) in [6.45, 7) is 2.71. The number of nitrogens with two attached hydrogens (primary N) is 1. The first-order valence-electron chi connectivity index (χ1n) is 13.5. The second-order valence-electron chi connectivity index (χ2n) is 10.5. The second-order valence-corrected chi connectivity index (χ2v) is 11.4. The molecule has 4 N–H and O–H groups in total. The van der Waals surface area contributed by atoms with Crippen molar-refractivity contribution in [2.24, 2.45) is 7.05 Å². The van der Waals surface area contributed by atoms with Crippen molar-refractivity contribution < 1.29 is 14.3 Å². The minimum atomic E-state index is -0.231. The third-order valence-electron chi connectivity index (χ3n) is 7.04. The molecule has 10 heteroatoms. The Balaban J connectivity index is 1.41. The SMILES string of the molecule is COc1cc(-c2csc3c(/C=C/C(=O)NC(C)CN(C)C)cnc(N)c23)ccc1NC(=O)c1cc2ccccc2n1C. The van der Waals surface area contributed by atoms with Gasteiger partial charge in [-0.05, 0) is 62.3 Å². The van der Waals surface area contributed by atoms with Gasteiger partial charge in [0.1, 0.15) is 17.3 Å². The van der Waals surface area contributed by atoms with Gasteiger partial charge in [-0.3, -0.25) is 9.59 Å². The Morgan fingerprint density at radius 1 is 1.19 bits per heavy atom. The fourth-order valence-corrected chi connectivity index (χ4v) is 6.20. The molecule has 2 amide bonds. The molecule has 1 unspecified atom stereocenters. The second kappa shape index (κ2) is 12.1. The van der Waals surface area contributed by atoms with E-state index < -0.39 is 0 Å². The molecule has 0 aliphatic carbocycles. The van der Waals surface area contributed by atoms with Crippen LogP contribution in [0.2, 0.25) is 0 Å².